The summed E-state index contributed by atoms with van der Waals surface area (Å²) in [4.78, 5) is 22.3. The normalized spacial score (nSPS) is 23.0. The molecule has 1 fully saturated rings. The molecular formula is C12H18N4O3. The average molecular weight is 266 g/mol. The highest BCUT2D eigenvalue weighted by Crippen LogP contribution is 2.28. The van der Waals surface area contributed by atoms with Crippen LogP contribution in [0.3, 0.4) is 0 Å². The van der Waals surface area contributed by atoms with Gasteiger partial charge in [0.25, 0.3) is 0 Å². The van der Waals surface area contributed by atoms with E-state index in [1.807, 2.05) is 6.92 Å². The maximum Gasteiger partial charge on any atom is 0.358 e. The number of carbonyl (C=O) groups excluding carboxylic acids is 1. The lowest BCUT2D eigenvalue weighted by Crippen LogP contribution is -2.43. The molecule has 1 aliphatic carbocycles. The monoisotopic (exact) mass is 266 g/mol. The maximum atomic E-state index is 11.5. The van der Waals surface area contributed by atoms with Crippen LogP contribution in [0, 0.1) is 0 Å². The van der Waals surface area contributed by atoms with Crippen molar-refractivity contribution in [1.82, 2.24) is 20.3 Å². The molecule has 0 aliphatic heterocycles. The van der Waals surface area contributed by atoms with E-state index >= 15 is 0 Å². The molecule has 0 unspecified atom stereocenters. The van der Waals surface area contributed by atoms with Crippen molar-refractivity contribution in [1.29, 1.82) is 0 Å². The Balaban J connectivity index is 2.13. The van der Waals surface area contributed by atoms with Gasteiger partial charge in [-0.05, 0) is 12.8 Å². The van der Waals surface area contributed by atoms with Gasteiger partial charge >= 0.3 is 5.97 Å². The van der Waals surface area contributed by atoms with Crippen molar-refractivity contribution in [2.45, 2.75) is 51.1 Å². The van der Waals surface area contributed by atoms with Gasteiger partial charge < -0.3 is 10.4 Å². The molecule has 0 bridgehead atoms. The van der Waals surface area contributed by atoms with E-state index in [0.29, 0.717) is 6.42 Å². The molecule has 0 spiro atoms. The Morgan fingerprint density at radius 2 is 2.21 bits per heavy atom. The summed E-state index contributed by atoms with van der Waals surface area (Å²) in [6.45, 7) is 1.81. The van der Waals surface area contributed by atoms with Crippen LogP contribution in [0.1, 0.15) is 55.6 Å². The molecule has 1 amide bonds. The van der Waals surface area contributed by atoms with Crippen molar-refractivity contribution in [3.05, 3.63) is 11.9 Å². The number of carbonyl (C=O) groups is 2. The predicted molar refractivity (Wildman–Crippen MR) is 66.7 cm³/mol. The number of carboxylic acid groups (broad SMARTS) is 1. The number of amides is 1. The highest BCUT2D eigenvalue weighted by Gasteiger charge is 2.29. The first kappa shape index (κ1) is 13.5. The third-order valence-electron chi connectivity index (χ3n) is 3.47. The number of aromatic nitrogens is 3. The molecule has 1 aliphatic rings. The third kappa shape index (κ3) is 3.10. The first-order valence-corrected chi connectivity index (χ1v) is 6.56. The van der Waals surface area contributed by atoms with Crippen LogP contribution in [-0.4, -0.2) is 38.0 Å². The Morgan fingerprint density at radius 1 is 1.47 bits per heavy atom. The summed E-state index contributed by atoms with van der Waals surface area (Å²) in [5.74, 6) is -1.08. The van der Waals surface area contributed by atoms with Crippen molar-refractivity contribution in [2.75, 3.05) is 0 Å². The Hall–Kier alpha value is -1.92. The van der Waals surface area contributed by atoms with Gasteiger partial charge in [-0.2, -0.15) is 0 Å². The van der Waals surface area contributed by atoms with E-state index in [4.69, 9.17) is 5.11 Å². The minimum atomic E-state index is -1.09. The number of carboxylic acids is 1. The molecular weight excluding hydrogens is 248 g/mol. The van der Waals surface area contributed by atoms with E-state index in [9.17, 15) is 9.59 Å². The minimum absolute atomic E-state index is 0.00421. The summed E-state index contributed by atoms with van der Waals surface area (Å²) >= 11 is 0. The van der Waals surface area contributed by atoms with Crippen LogP contribution in [0.4, 0.5) is 0 Å². The fourth-order valence-electron chi connectivity index (χ4n) is 2.44. The summed E-state index contributed by atoms with van der Waals surface area (Å²) in [5.41, 5.74) is -0.0638. The van der Waals surface area contributed by atoms with E-state index in [2.05, 4.69) is 15.6 Å². The van der Waals surface area contributed by atoms with Crippen LogP contribution in [0.2, 0.25) is 0 Å². The third-order valence-corrected chi connectivity index (χ3v) is 3.47. The molecule has 1 heterocycles. The van der Waals surface area contributed by atoms with Gasteiger partial charge in [0.2, 0.25) is 5.91 Å². The van der Waals surface area contributed by atoms with Gasteiger partial charge in [-0.1, -0.05) is 25.0 Å². The van der Waals surface area contributed by atoms with E-state index in [-0.39, 0.29) is 23.7 Å². The minimum Gasteiger partial charge on any atom is -0.476 e. The Bertz CT molecular complexity index is 471. The van der Waals surface area contributed by atoms with Crippen LogP contribution in [-0.2, 0) is 4.79 Å². The van der Waals surface area contributed by atoms with Gasteiger partial charge in [-0.3, -0.25) is 4.79 Å². The van der Waals surface area contributed by atoms with Gasteiger partial charge in [0.1, 0.15) is 0 Å². The second-order valence-corrected chi connectivity index (χ2v) is 4.77. The van der Waals surface area contributed by atoms with E-state index in [1.54, 1.807) is 4.68 Å². The molecule has 0 aromatic carbocycles. The second kappa shape index (κ2) is 5.81. The first-order chi connectivity index (χ1) is 9.11. The van der Waals surface area contributed by atoms with Gasteiger partial charge in [0.15, 0.2) is 5.69 Å². The second-order valence-electron chi connectivity index (χ2n) is 4.77. The molecule has 1 aromatic heterocycles. The van der Waals surface area contributed by atoms with E-state index in [1.165, 1.54) is 6.20 Å². The molecule has 2 atom stereocenters. The number of hydrogen-bond acceptors (Lipinski definition) is 4. The number of rotatable bonds is 4. The lowest BCUT2D eigenvalue weighted by Gasteiger charge is -2.31. The molecule has 7 heteroatoms. The highest BCUT2D eigenvalue weighted by atomic mass is 16.4. The zero-order chi connectivity index (χ0) is 13.8. The smallest absolute Gasteiger partial charge is 0.358 e. The van der Waals surface area contributed by atoms with Crippen LogP contribution in [0.15, 0.2) is 6.20 Å². The summed E-state index contributed by atoms with van der Waals surface area (Å²) in [7, 11) is 0. The van der Waals surface area contributed by atoms with E-state index in [0.717, 1.165) is 25.7 Å². The van der Waals surface area contributed by atoms with Crippen LogP contribution in [0.5, 0.6) is 0 Å². The Kier molecular flexibility index (Phi) is 4.13. The van der Waals surface area contributed by atoms with Gasteiger partial charge in [-0.15, -0.1) is 5.10 Å². The fourth-order valence-corrected chi connectivity index (χ4v) is 2.44. The molecule has 0 saturated heterocycles. The zero-order valence-corrected chi connectivity index (χ0v) is 10.9. The summed E-state index contributed by atoms with van der Waals surface area (Å²) in [6, 6.07) is -0.00519. The maximum absolute atomic E-state index is 11.5. The summed E-state index contributed by atoms with van der Waals surface area (Å²) < 4.78 is 1.57. The molecule has 0 radical (unpaired) electrons. The van der Waals surface area contributed by atoms with Crippen LogP contribution < -0.4 is 5.32 Å². The Labute approximate surface area is 111 Å². The van der Waals surface area contributed by atoms with Crippen LogP contribution in [0.25, 0.3) is 0 Å². The molecule has 7 nitrogen and oxygen atoms in total. The molecule has 2 rings (SSSR count). The quantitative estimate of drug-likeness (QED) is 0.846. The first-order valence-electron chi connectivity index (χ1n) is 6.56. The lowest BCUT2D eigenvalue weighted by molar-refractivity contribution is -0.122. The lowest BCUT2D eigenvalue weighted by atomic mass is 9.90. The molecule has 104 valence electrons. The van der Waals surface area contributed by atoms with Crippen molar-refractivity contribution < 1.29 is 14.7 Å². The van der Waals surface area contributed by atoms with Gasteiger partial charge in [-0.25, -0.2) is 9.48 Å². The number of aromatic carboxylic acids is 1. The molecule has 1 aromatic rings. The average Bonchev–Trinajstić information content (AvgIpc) is 2.89. The topological polar surface area (TPSA) is 97.1 Å². The predicted octanol–water partition coefficient (Wildman–Crippen LogP) is 0.986. The molecule has 19 heavy (non-hydrogen) atoms. The summed E-state index contributed by atoms with van der Waals surface area (Å²) in [5, 5.41) is 19.3. The Morgan fingerprint density at radius 3 is 2.84 bits per heavy atom. The number of nitrogens with zero attached hydrogens (tertiary/aromatic N) is 3. The SMILES string of the molecule is CCC(=O)N[C@@H]1CCCC[C@@H]1n1cc(C(=O)O)nn1. The number of nitrogens with one attached hydrogen (secondary N) is 1. The zero-order valence-electron chi connectivity index (χ0n) is 10.9. The van der Waals surface area contributed by atoms with E-state index < -0.39 is 5.97 Å². The van der Waals surface area contributed by atoms with Crippen molar-refractivity contribution >= 4 is 11.9 Å². The fraction of sp³-hybridized carbons (Fsp3) is 0.667. The highest BCUT2D eigenvalue weighted by molar-refractivity contribution is 5.84. The van der Waals surface area contributed by atoms with Crippen molar-refractivity contribution in [3.8, 4) is 0 Å². The van der Waals surface area contributed by atoms with Crippen LogP contribution >= 0.6 is 0 Å². The molecule has 2 N–H and O–H groups in total. The summed E-state index contributed by atoms with van der Waals surface area (Å²) in [6.07, 6.45) is 5.75. The van der Waals surface area contributed by atoms with Crippen molar-refractivity contribution in [2.24, 2.45) is 0 Å². The van der Waals surface area contributed by atoms with Crippen molar-refractivity contribution in [3.63, 3.8) is 0 Å². The number of hydrogen-bond donors (Lipinski definition) is 2. The van der Waals surface area contributed by atoms with Gasteiger partial charge in [0.05, 0.1) is 18.3 Å². The standard InChI is InChI=1S/C12H18N4O3/c1-2-11(17)13-8-5-3-4-6-10(8)16-7-9(12(18)19)14-15-16/h7-8,10H,2-6H2,1H3,(H,13,17)(H,18,19)/t8-,10+/m1/s1. The van der Waals surface area contributed by atoms with Gasteiger partial charge in [0, 0.05) is 6.42 Å². The molecule has 1 saturated carbocycles. The largest absolute Gasteiger partial charge is 0.476 e.